The number of fused-ring (bicyclic) bond motifs is 1. The quantitative estimate of drug-likeness (QED) is 0.727. The third-order valence-electron chi connectivity index (χ3n) is 3.50. The van der Waals surface area contributed by atoms with E-state index in [0.717, 1.165) is 17.6 Å². The van der Waals surface area contributed by atoms with Crippen molar-refractivity contribution < 1.29 is 4.42 Å². The number of hydrogen-bond acceptors (Lipinski definition) is 5. The van der Waals surface area contributed by atoms with Gasteiger partial charge in [0.2, 0.25) is 5.89 Å². The molecule has 0 saturated carbocycles. The first-order valence-corrected chi connectivity index (χ1v) is 7.92. The summed E-state index contributed by atoms with van der Waals surface area (Å²) in [7, 11) is 0. The smallest absolute Gasteiger partial charge is 0.209 e. The average molecular weight is 301 g/mol. The van der Waals surface area contributed by atoms with E-state index in [2.05, 4.69) is 41.2 Å². The van der Waals surface area contributed by atoms with Crippen molar-refractivity contribution in [1.82, 2.24) is 9.88 Å². The molecule has 3 aromatic rings. The van der Waals surface area contributed by atoms with Crippen LogP contribution in [0.25, 0.3) is 11.1 Å². The minimum absolute atomic E-state index is 0.416. The van der Waals surface area contributed by atoms with Gasteiger partial charge >= 0.3 is 0 Å². The van der Waals surface area contributed by atoms with Gasteiger partial charge in [-0.05, 0) is 37.4 Å². The molecule has 3 rings (SSSR count). The first-order valence-electron chi connectivity index (χ1n) is 7.04. The Labute approximate surface area is 128 Å². The fourth-order valence-electron chi connectivity index (χ4n) is 2.28. The van der Waals surface area contributed by atoms with Crippen molar-refractivity contribution in [2.24, 2.45) is 0 Å². The molecule has 0 fully saturated rings. The lowest BCUT2D eigenvalue weighted by Gasteiger charge is -2.24. The van der Waals surface area contributed by atoms with Gasteiger partial charge in [-0.2, -0.15) is 0 Å². The third-order valence-corrected chi connectivity index (χ3v) is 4.36. The first kappa shape index (κ1) is 14.1. The van der Waals surface area contributed by atoms with Crippen LogP contribution >= 0.6 is 11.3 Å². The van der Waals surface area contributed by atoms with E-state index >= 15 is 0 Å². The lowest BCUT2D eigenvalue weighted by atomic mass is 10.3. The van der Waals surface area contributed by atoms with Gasteiger partial charge in [0.1, 0.15) is 5.52 Å². The summed E-state index contributed by atoms with van der Waals surface area (Å²) >= 11 is 1.77. The highest BCUT2D eigenvalue weighted by Gasteiger charge is 2.16. The molecule has 0 aliphatic carbocycles. The summed E-state index contributed by atoms with van der Waals surface area (Å²) in [5.41, 5.74) is 8.11. The molecule has 0 saturated heterocycles. The lowest BCUT2D eigenvalue weighted by Crippen LogP contribution is -2.29. The van der Waals surface area contributed by atoms with Gasteiger partial charge in [-0.25, -0.2) is 4.98 Å². The van der Waals surface area contributed by atoms with Gasteiger partial charge in [-0.15, -0.1) is 11.3 Å². The van der Waals surface area contributed by atoms with E-state index in [4.69, 9.17) is 10.2 Å². The van der Waals surface area contributed by atoms with Crippen LogP contribution in [0.4, 0.5) is 5.69 Å². The van der Waals surface area contributed by atoms with Crippen LogP contribution in [-0.2, 0) is 13.1 Å². The Balaban J connectivity index is 1.82. The molecule has 5 heteroatoms. The Bertz CT molecular complexity index is 718. The van der Waals surface area contributed by atoms with Crippen LogP contribution in [0.2, 0.25) is 0 Å². The predicted molar refractivity (Wildman–Crippen MR) is 87.1 cm³/mol. The maximum Gasteiger partial charge on any atom is 0.209 e. The summed E-state index contributed by atoms with van der Waals surface area (Å²) < 4.78 is 5.82. The van der Waals surface area contributed by atoms with Gasteiger partial charge in [-0.3, -0.25) is 4.90 Å². The fraction of sp³-hybridized carbons (Fsp3) is 0.312. The highest BCUT2D eigenvalue weighted by atomic mass is 32.1. The highest BCUT2D eigenvalue weighted by Crippen LogP contribution is 2.23. The Morgan fingerprint density at radius 3 is 2.76 bits per heavy atom. The van der Waals surface area contributed by atoms with E-state index < -0.39 is 0 Å². The Morgan fingerprint density at radius 1 is 1.24 bits per heavy atom. The molecule has 2 aromatic heterocycles. The minimum atomic E-state index is 0.416. The zero-order valence-corrected chi connectivity index (χ0v) is 13.1. The van der Waals surface area contributed by atoms with Gasteiger partial charge in [0.25, 0.3) is 0 Å². The van der Waals surface area contributed by atoms with Crippen molar-refractivity contribution in [1.29, 1.82) is 0 Å². The lowest BCUT2D eigenvalue weighted by molar-refractivity contribution is 0.187. The Kier molecular flexibility index (Phi) is 3.94. The van der Waals surface area contributed by atoms with Crippen LogP contribution in [0.1, 0.15) is 24.6 Å². The number of nitrogens with zero attached hydrogens (tertiary/aromatic N) is 2. The zero-order chi connectivity index (χ0) is 14.8. The second-order valence-corrected chi connectivity index (χ2v) is 6.41. The van der Waals surface area contributed by atoms with Gasteiger partial charge in [-0.1, -0.05) is 12.1 Å². The van der Waals surface area contributed by atoms with Crippen molar-refractivity contribution in [3.05, 3.63) is 46.5 Å². The molecule has 21 heavy (non-hydrogen) atoms. The van der Waals surface area contributed by atoms with Gasteiger partial charge in [0.05, 0.1) is 12.2 Å². The Morgan fingerprint density at radius 2 is 2.10 bits per heavy atom. The molecule has 0 aliphatic rings. The summed E-state index contributed by atoms with van der Waals surface area (Å²) in [5.74, 6) is 0.716. The van der Waals surface area contributed by atoms with Crippen LogP contribution in [0.5, 0.6) is 0 Å². The number of hydrogen-bond donors (Lipinski definition) is 1. The van der Waals surface area contributed by atoms with E-state index in [0.29, 0.717) is 24.2 Å². The number of para-hydroxylation sites is 1. The second kappa shape index (κ2) is 5.87. The molecule has 0 bridgehead atoms. The molecular weight excluding hydrogens is 282 g/mol. The summed E-state index contributed by atoms with van der Waals surface area (Å²) in [6, 6.07) is 10.3. The number of oxazole rings is 1. The van der Waals surface area contributed by atoms with E-state index in [1.54, 1.807) is 11.3 Å². The molecule has 2 heterocycles. The molecule has 1 aromatic carbocycles. The van der Waals surface area contributed by atoms with Gasteiger partial charge in [0, 0.05) is 17.5 Å². The number of rotatable bonds is 5. The van der Waals surface area contributed by atoms with Gasteiger partial charge in [0.15, 0.2) is 5.58 Å². The van der Waals surface area contributed by atoms with Crippen LogP contribution in [-0.4, -0.2) is 15.9 Å². The van der Waals surface area contributed by atoms with E-state index in [9.17, 15) is 0 Å². The number of anilines is 1. The van der Waals surface area contributed by atoms with Crippen molar-refractivity contribution in [2.75, 3.05) is 5.73 Å². The number of nitrogens with two attached hydrogens (primary N) is 1. The average Bonchev–Trinajstić information content (AvgIpc) is 3.07. The number of nitrogen functional groups attached to an aromatic ring is 1. The SMILES string of the molecule is CC(C)N(Cc1nc2c(N)cccc2o1)Cc1cccs1. The summed E-state index contributed by atoms with van der Waals surface area (Å²) in [6.07, 6.45) is 0. The van der Waals surface area contributed by atoms with Gasteiger partial charge < -0.3 is 10.2 Å². The summed E-state index contributed by atoms with van der Waals surface area (Å²) in [6.45, 7) is 5.96. The second-order valence-electron chi connectivity index (χ2n) is 5.38. The topological polar surface area (TPSA) is 55.3 Å². The third kappa shape index (κ3) is 3.09. The number of thiophene rings is 1. The maximum absolute atomic E-state index is 5.94. The van der Waals surface area contributed by atoms with Crippen molar-refractivity contribution in [3.8, 4) is 0 Å². The number of aromatic nitrogens is 1. The predicted octanol–water partition coefficient (Wildman–Crippen LogP) is 3.88. The van der Waals surface area contributed by atoms with E-state index in [1.807, 2.05) is 18.2 Å². The molecule has 0 unspecified atom stereocenters. The normalized spacial score (nSPS) is 11.8. The molecule has 0 aliphatic heterocycles. The van der Waals surface area contributed by atoms with E-state index in [1.165, 1.54) is 4.88 Å². The van der Waals surface area contributed by atoms with Crippen molar-refractivity contribution >= 4 is 28.1 Å². The molecule has 110 valence electrons. The summed E-state index contributed by atoms with van der Waals surface area (Å²) in [4.78, 5) is 8.22. The van der Waals surface area contributed by atoms with Crippen molar-refractivity contribution in [3.63, 3.8) is 0 Å². The minimum Gasteiger partial charge on any atom is -0.439 e. The molecule has 0 amide bonds. The molecule has 2 N–H and O–H groups in total. The monoisotopic (exact) mass is 301 g/mol. The van der Waals surface area contributed by atoms with Crippen LogP contribution in [0, 0.1) is 0 Å². The first-order chi connectivity index (χ1) is 10.1. The van der Waals surface area contributed by atoms with Crippen LogP contribution in [0.3, 0.4) is 0 Å². The van der Waals surface area contributed by atoms with Crippen molar-refractivity contribution in [2.45, 2.75) is 33.0 Å². The van der Waals surface area contributed by atoms with E-state index in [-0.39, 0.29) is 0 Å². The molecule has 0 atom stereocenters. The summed E-state index contributed by atoms with van der Waals surface area (Å²) in [5, 5.41) is 2.11. The standard InChI is InChI=1S/C16H19N3OS/c1-11(2)19(9-12-5-4-8-21-12)10-15-18-16-13(17)6-3-7-14(16)20-15/h3-8,11H,9-10,17H2,1-2H3. The molecule has 4 nitrogen and oxygen atoms in total. The zero-order valence-electron chi connectivity index (χ0n) is 12.2. The molecular formula is C16H19N3OS. The Hall–Kier alpha value is -1.85. The van der Waals surface area contributed by atoms with Crippen LogP contribution in [0.15, 0.2) is 40.1 Å². The number of benzene rings is 1. The maximum atomic E-state index is 5.94. The molecule has 0 spiro atoms. The largest absolute Gasteiger partial charge is 0.439 e. The fourth-order valence-corrected chi connectivity index (χ4v) is 3.01. The molecule has 0 radical (unpaired) electrons. The van der Waals surface area contributed by atoms with Crippen LogP contribution < -0.4 is 5.73 Å². The highest BCUT2D eigenvalue weighted by molar-refractivity contribution is 7.09.